The first-order valence-corrected chi connectivity index (χ1v) is 8.91. The zero-order valence-electron chi connectivity index (χ0n) is 10.7. The molecule has 3 aromatic heterocycles. The minimum atomic E-state index is 0.588. The summed E-state index contributed by atoms with van der Waals surface area (Å²) in [6, 6.07) is 12.1. The maximum absolute atomic E-state index is 5.28. The van der Waals surface area contributed by atoms with Gasteiger partial charge < -0.3 is 4.52 Å². The van der Waals surface area contributed by atoms with Crippen molar-refractivity contribution in [3.8, 4) is 10.8 Å². The molecule has 0 amide bonds. The van der Waals surface area contributed by atoms with Gasteiger partial charge in [-0.05, 0) is 23.6 Å². The van der Waals surface area contributed by atoms with E-state index in [1.54, 1.807) is 34.4 Å². The second-order valence-electron chi connectivity index (χ2n) is 4.23. The topological polar surface area (TPSA) is 51.8 Å². The third-order valence-corrected chi connectivity index (χ3v) is 5.83. The fourth-order valence-electron chi connectivity index (χ4n) is 1.85. The summed E-state index contributed by atoms with van der Waals surface area (Å²) in [4.78, 5) is 9.99. The Bertz CT molecular complexity index is 834. The van der Waals surface area contributed by atoms with Crippen LogP contribution in [0.15, 0.2) is 50.6 Å². The summed E-state index contributed by atoms with van der Waals surface area (Å²) in [5, 5.41) is 6.01. The molecule has 0 saturated carbocycles. The molecular weight excluding hydrogens is 322 g/mol. The van der Waals surface area contributed by atoms with Crippen molar-refractivity contribution < 1.29 is 4.52 Å². The van der Waals surface area contributed by atoms with Gasteiger partial charge in [0.1, 0.15) is 0 Å². The number of aromatic nitrogens is 3. The van der Waals surface area contributed by atoms with Crippen molar-refractivity contribution in [3.05, 3.63) is 47.6 Å². The molecule has 21 heavy (non-hydrogen) atoms. The average Bonchev–Trinajstić information content (AvgIpc) is 3.23. The highest BCUT2D eigenvalue weighted by Crippen LogP contribution is 2.31. The predicted molar refractivity (Wildman–Crippen MR) is 86.8 cm³/mol. The number of thioether (sulfide) groups is 1. The van der Waals surface area contributed by atoms with Crippen LogP contribution in [0.3, 0.4) is 0 Å². The van der Waals surface area contributed by atoms with E-state index >= 15 is 0 Å². The number of thiophene rings is 1. The molecule has 0 aliphatic rings. The molecule has 4 nitrogen and oxygen atoms in total. The normalized spacial score (nSPS) is 11.2. The molecule has 0 aliphatic carbocycles. The van der Waals surface area contributed by atoms with Gasteiger partial charge >= 0.3 is 0 Å². The van der Waals surface area contributed by atoms with E-state index in [1.807, 2.05) is 35.7 Å². The number of rotatable bonds is 4. The van der Waals surface area contributed by atoms with Gasteiger partial charge in [-0.25, -0.2) is 4.98 Å². The number of para-hydroxylation sites is 1. The third-order valence-electron chi connectivity index (χ3n) is 2.80. The molecular formula is C14H9N3OS3. The summed E-state index contributed by atoms with van der Waals surface area (Å²) in [6.07, 6.45) is 0. The Morgan fingerprint density at radius 2 is 2.05 bits per heavy atom. The van der Waals surface area contributed by atoms with E-state index < -0.39 is 0 Å². The zero-order chi connectivity index (χ0) is 14.1. The summed E-state index contributed by atoms with van der Waals surface area (Å²) in [7, 11) is 0. The van der Waals surface area contributed by atoms with Crippen LogP contribution < -0.4 is 0 Å². The van der Waals surface area contributed by atoms with Gasteiger partial charge in [-0.3, -0.25) is 0 Å². The SMILES string of the molecule is c1csc(-c2nc(CSc3nc4ccccc4s3)no2)c1. The molecule has 0 radical (unpaired) electrons. The van der Waals surface area contributed by atoms with Crippen LogP contribution in [0, 0.1) is 0 Å². The number of benzene rings is 1. The molecule has 0 bridgehead atoms. The Labute approximate surface area is 132 Å². The van der Waals surface area contributed by atoms with Crippen LogP contribution in [-0.2, 0) is 5.75 Å². The summed E-state index contributed by atoms with van der Waals surface area (Å²) < 4.78 is 7.50. The summed E-state index contributed by atoms with van der Waals surface area (Å²) in [5.41, 5.74) is 1.04. The number of nitrogens with zero attached hydrogens (tertiary/aromatic N) is 3. The Kier molecular flexibility index (Phi) is 3.46. The van der Waals surface area contributed by atoms with Gasteiger partial charge in [0.15, 0.2) is 10.2 Å². The molecule has 3 heterocycles. The van der Waals surface area contributed by atoms with E-state index in [4.69, 9.17) is 4.52 Å². The molecule has 0 N–H and O–H groups in total. The van der Waals surface area contributed by atoms with Crippen molar-refractivity contribution >= 4 is 44.7 Å². The molecule has 0 spiro atoms. The number of fused-ring (bicyclic) bond motifs is 1. The molecule has 7 heteroatoms. The first-order valence-electron chi connectivity index (χ1n) is 6.23. The van der Waals surface area contributed by atoms with Gasteiger partial charge in [0, 0.05) is 0 Å². The average molecular weight is 331 g/mol. The summed E-state index contributed by atoms with van der Waals surface area (Å²) in [5.74, 6) is 1.95. The minimum Gasteiger partial charge on any atom is -0.333 e. The molecule has 4 aromatic rings. The van der Waals surface area contributed by atoms with Gasteiger partial charge in [0.05, 0.1) is 20.8 Å². The highest BCUT2D eigenvalue weighted by Gasteiger charge is 2.11. The van der Waals surface area contributed by atoms with Gasteiger partial charge in [-0.15, -0.1) is 22.7 Å². The second kappa shape index (κ2) is 5.59. The predicted octanol–water partition coefficient (Wildman–Crippen LogP) is 4.70. The summed E-state index contributed by atoms with van der Waals surface area (Å²) in [6.45, 7) is 0. The molecule has 0 saturated heterocycles. The number of hydrogen-bond donors (Lipinski definition) is 0. The van der Waals surface area contributed by atoms with Crippen LogP contribution in [0.25, 0.3) is 21.0 Å². The van der Waals surface area contributed by atoms with Crippen molar-refractivity contribution in [1.82, 2.24) is 15.1 Å². The zero-order valence-corrected chi connectivity index (χ0v) is 13.2. The third kappa shape index (κ3) is 2.72. The molecule has 104 valence electrons. The van der Waals surface area contributed by atoms with Crippen LogP contribution >= 0.6 is 34.4 Å². The lowest BCUT2D eigenvalue weighted by molar-refractivity contribution is 0.426. The number of hydrogen-bond acceptors (Lipinski definition) is 7. The van der Waals surface area contributed by atoms with E-state index in [0.717, 1.165) is 14.7 Å². The molecule has 0 aliphatic heterocycles. The van der Waals surface area contributed by atoms with E-state index in [0.29, 0.717) is 17.5 Å². The quantitative estimate of drug-likeness (QED) is 0.507. The molecule has 1 aromatic carbocycles. The summed E-state index contributed by atoms with van der Waals surface area (Å²) >= 11 is 4.92. The maximum atomic E-state index is 5.28. The number of thiazole rings is 1. The van der Waals surface area contributed by atoms with Gasteiger partial charge in [0.2, 0.25) is 0 Å². The highest BCUT2D eigenvalue weighted by molar-refractivity contribution is 8.00. The lowest BCUT2D eigenvalue weighted by Crippen LogP contribution is -1.83. The Hall–Kier alpha value is -1.70. The van der Waals surface area contributed by atoms with Crippen LogP contribution in [0.5, 0.6) is 0 Å². The van der Waals surface area contributed by atoms with Crippen LogP contribution in [0.1, 0.15) is 5.82 Å². The van der Waals surface area contributed by atoms with Gasteiger partial charge in [0.25, 0.3) is 5.89 Å². The molecule has 0 atom stereocenters. The van der Waals surface area contributed by atoms with E-state index in [9.17, 15) is 0 Å². The second-order valence-corrected chi connectivity index (χ2v) is 7.43. The van der Waals surface area contributed by atoms with Crippen LogP contribution in [-0.4, -0.2) is 15.1 Å². The smallest absolute Gasteiger partial charge is 0.268 e. The first kappa shape index (κ1) is 13.0. The monoisotopic (exact) mass is 331 g/mol. The minimum absolute atomic E-state index is 0.588. The molecule has 0 unspecified atom stereocenters. The Morgan fingerprint density at radius 3 is 2.90 bits per heavy atom. The van der Waals surface area contributed by atoms with Crippen molar-refractivity contribution in [2.75, 3.05) is 0 Å². The standard InChI is InChI=1S/C14H9N3OS3/c1-2-5-10-9(4-1)15-14(21-10)20-8-12-16-13(18-17-12)11-6-3-7-19-11/h1-7H,8H2. The fraction of sp³-hybridized carbons (Fsp3) is 0.0714. The largest absolute Gasteiger partial charge is 0.333 e. The van der Waals surface area contributed by atoms with Crippen LogP contribution in [0.4, 0.5) is 0 Å². The van der Waals surface area contributed by atoms with E-state index in [1.165, 1.54) is 4.70 Å². The maximum Gasteiger partial charge on any atom is 0.268 e. The van der Waals surface area contributed by atoms with Crippen molar-refractivity contribution in [3.63, 3.8) is 0 Å². The van der Waals surface area contributed by atoms with Crippen LogP contribution in [0.2, 0.25) is 0 Å². The van der Waals surface area contributed by atoms with E-state index in [2.05, 4.69) is 21.2 Å². The lowest BCUT2D eigenvalue weighted by atomic mass is 10.3. The molecule has 4 rings (SSSR count). The van der Waals surface area contributed by atoms with E-state index in [-0.39, 0.29) is 0 Å². The van der Waals surface area contributed by atoms with Crippen molar-refractivity contribution in [2.45, 2.75) is 10.1 Å². The fourth-order valence-corrected chi connectivity index (χ4v) is 4.41. The molecule has 0 fully saturated rings. The Morgan fingerprint density at radius 1 is 1.10 bits per heavy atom. The van der Waals surface area contributed by atoms with Crippen molar-refractivity contribution in [2.24, 2.45) is 0 Å². The Balaban J connectivity index is 1.49. The lowest BCUT2D eigenvalue weighted by Gasteiger charge is -1.89. The van der Waals surface area contributed by atoms with Crippen molar-refractivity contribution in [1.29, 1.82) is 0 Å². The van der Waals surface area contributed by atoms with Gasteiger partial charge in [-0.1, -0.05) is 35.1 Å². The first-order chi connectivity index (χ1) is 10.4. The highest BCUT2D eigenvalue weighted by atomic mass is 32.2. The van der Waals surface area contributed by atoms with Gasteiger partial charge in [-0.2, -0.15) is 4.98 Å².